The maximum Gasteiger partial charge on any atom is 0.419 e. The predicted molar refractivity (Wildman–Crippen MR) is 89.3 cm³/mol. The number of aryl methyl sites for hydroxylation is 1. The molecule has 0 aliphatic rings. The third-order valence-electron chi connectivity index (χ3n) is 3.82. The Morgan fingerprint density at radius 2 is 1.96 bits per heavy atom. The summed E-state index contributed by atoms with van der Waals surface area (Å²) in [4.78, 5) is 15.0. The summed E-state index contributed by atoms with van der Waals surface area (Å²) in [5.41, 5.74) is 0.460. The van der Waals surface area contributed by atoms with Gasteiger partial charge in [0.05, 0.1) is 22.7 Å². The lowest BCUT2D eigenvalue weighted by molar-refractivity contribution is -0.137. The molecule has 0 radical (unpaired) electrons. The van der Waals surface area contributed by atoms with Gasteiger partial charge in [-0.05, 0) is 30.3 Å². The molecule has 0 bridgehead atoms. The first kappa shape index (κ1) is 19.1. The Labute approximate surface area is 151 Å². The van der Waals surface area contributed by atoms with Gasteiger partial charge in [0, 0.05) is 13.2 Å². The van der Waals surface area contributed by atoms with E-state index in [0.717, 1.165) is 16.7 Å². The number of alkyl halides is 3. The van der Waals surface area contributed by atoms with E-state index in [0.29, 0.717) is 4.31 Å². The van der Waals surface area contributed by atoms with Gasteiger partial charge >= 0.3 is 11.9 Å². The first-order chi connectivity index (χ1) is 12.6. The van der Waals surface area contributed by atoms with Gasteiger partial charge in [0.2, 0.25) is 10.0 Å². The quantitative estimate of drug-likeness (QED) is 0.655. The number of benzene rings is 1. The summed E-state index contributed by atoms with van der Waals surface area (Å²) >= 11 is 0. The molecule has 0 aliphatic carbocycles. The van der Waals surface area contributed by atoms with Gasteiger partial charge in [-0.2, -0.15) is 17.5 Å². The van der Waals surface area contributed by atoms with Gasteiger partial charge in [-0.15, -0.1) is 0 Å². The van der Waals surface area contributed by atoms with Crippen LogP contribution in [0.15, 0.2) is 56.7 Å². The summed E-state index contributed by atoms with van der Waals surface area (Å²) in [6, 6.07) is 7.99. The van der Waals surface area contributed by atoms with Crippen LogP contribution in [0.3, 0.4) is 0 Å². The Bertz CT molecular complexity index is 1120. The first-order valence-corrected chi connectivity index (χ1v) is 9.08. The van der Waals surface area contributed by atoms with Crippen LogP contribution in [-0.2, 0) is 23.6 Å². The fourth-order valence-electron chi connectivity index (χ4n) is 2.51. The zero-order valence-electron chi connectivity index (χ0n) is 14.0. The molecule has 27 heavy (non-hydrogen) atoms. The molecule has 2 aromatic heterocycles. The van der Waals surface area contributed by atoms with Crippen LogP contribution in [-0.4, -0.2) is 35.0 Å². The van der Waals surface area contributed by atoms with E-state index in [1.54, 1.807) is 12.1 Å². The molecule has 0 atom stereocenters. The monoisotopic (exact) mass is 401 g/mol. The number of hydrogen-bond acceptors (Lipinski definition) is 5. The van der Waals surface area contributed by atoms with Crippen LogP contribution < -0.4 is 5.76 Å². The van der Waals surface area contributed by atoms with Gasteiger partial charge in [0.15, 0.2) is 5.58 Å². The highest BCUT2D eigenvalue weighted by molar-refractivity contribution is 7.89. The number of nitrogens with zero attached hydrogens (tertiary/aromatic N) is 3. The van der Waals surface area contributed by atoms with Crippen molar-refractivity contribution in [3.63, 3.8) is 0 Å². The maximum atomic E-state index is 13.0. The van der Waals surface area contributed by atoms with Crippen LogP contribution in [0.1, 0.15) is 5.69 Å². The third kappa shape index (κ3) is 4.03. The number of aromatic nitrogens is 2. The molecule has 0 amide bonds. The second kappa shape index (κ2) is 6.82. The highest BCUT2D eigenvalue weighted by Crippen LogP contribution is 2.26. The summed E-state index contributed by atoms with van der Waals surface area (Å²) in [5.74, 6) is -0.708. The molecule has 144 valence electrons. The summed E-state index contributed by atoms with van der Waals surface area (Å²) in [5, 5.41) is 0. The number of sulfonamides is 1. The molecule has 0 spiro atoms. The fourth-order valence-corrected chi connectivity index (χ4v) is 3.93. The summed E-state index contributed by atoms with van der Waals surface area (Å²) < 4.78 is 71.0. The Morgan fingerprint density at radius 1 is 1.22 bits per heavy atom. The van der Waals surface area contributed by atoms with Crippen LogP contribution in [0.4, 0.5) is 13.2 Å². The molecular weight excluding hydrogens is 387 g/mol. The average Bonchev–Trinajstić information content (AvgIpc) is 2.88. The molecule has 0 fully saturated rings. The topological polar surface area (TPSA) is 85.4 Å². The van der Waals surface area contributed by atoms with Crippen LogP contribution >= 0.6 is 0 Å². The molecule has 11 heteroatoms. The van der Waals surface area contributed by atoms with Crippen molar-refractivity contribution in [1.82, 2.24) is 13.9 Å². The molecule has 0 saturated carbocycles. The summed E-state index contributed by atoms with van der Waals surface area (Å²) in [6.45, 7) is -2.22. The van der Waals surface area contributed by atoms with Crippen LogP contribution in [0, 0.1) is 0 Å². The standard InChI is InChI=1S/C16H14F3N3O4S/c1-21-13-8-12(5-6-14(13)26-15(21)23)27(24,25)22(10-16(17,18)19)9-11-4-2-3-7-20-11/h2-8H,9-10H2,1H3. The number of pyridine rings is 1. The predicted octanol–water partition coefficient (Wildman–Crippen LogP) is 2.28. The van der Waals surface area contributed by atoms with Crippen LogP contribution in [0.25, 0.3) is 11.1 Å². The van der Waals surface area contributed by atoms with E-state index in [1.165, 1.54) is 25.4 Å². The summed E-state index contributed by atoms with van der Waals surface area (Å²) in [6.07, 6.45) is -3.38. The molecule has 3 rings (SSSR count). The lowest BCUT2D eigenvalue weighted by Crippen LogP contribution is -2.38. The lowest BCUT2D eigenvalue weighted by Gasteiger charge is -2.23. The lowest BCUT2D eigenvalue weighted by atomic mass is 10.3. The molecule has 0 aliphatic heterocycles. The van der Waals surface area contributed by atoms with Gasteiger partial charge in [0.1, 0.15) is 6.54 Å². The molecular formula is C16H14F3N3O4S. The van der Waals surface area contributed by atoms with Gasteiger partial charge in [-0.1, -0.05) is 6.07 Å². The molecule has 0 N–H and O–H groups in total. The molecule has 7 nitrogen and oxygen atoms in total. The SMILES string of the molecule is Cn1c(=O)oc2ccc(S(=O)(=O)N(Cc3ccccn3)CC(F)(F)F)cc21. The third-order valence-corrected chi connectivity index (χ3v) is 5.61. The maximum absolute atomic E-state index is 13.0. The minimum absolute atomic E-state index is 0.133. The van der Waals surface area contributed by atoms with Crippen molar-refractivity contribution in [3.05, 3.63) is 58.8 Å². The highest BCUT2D eigenvalue weighted by atomic mass is 32.2. The molecule has 3 aromatic rings. The Kier molecular flexibility index (Phi) is 4.82. The van der Waals surface area contributed by atoms with Crippen molar-refractivity contribution in [3.8, 4) is 0 Å². The van der Waals surface area contributed by atoms with E-state index in [9.17, 15) is 26.4 Å². The van der Waals surface area contributed by atoms with E-state index in [2.05, 4.69) is 4.98 Å². The molecule has 0 unspecified atom stereocenters. The molecule has 0 saturated heterocycles. The van der Waals surface area contributed by atoms with E-state index in [1.807, 2.05) is 0 Å². The number of oxazole rings is 1. The minimum Gasteiger partial charge on any atom is -0.408 e. The first-order valence-electron chi connectivity index (χ1n) is 7.64. The summed E-state index contributed by atoms with van der Waals surface area (Å²) in [7, 11) is -3.15. The van der Waals surface area contributed by atoms with Crippen molar-refractivity contribution in [2.75, 3.05) is 6.54 Å². The fraction of sp³-hybridized carbons (Fsp3) is 0.250. The normalized spacial score (nSPS) is 12.8. The minimum atomic E-state index is -4.74. The largest absolute Gasteiger partial charge is 0.419 e. The van der Waals surface area contributed by atoms with Crippen molar-refractivity contribution < 1.29 is 26.0 Å². The van der Waals surface area contributed by atoms with Crippen LogP contribution in [0.5, 0.6) is 0 Å². The van der Waals surface area contributed by atoms with Crippen molar-refractivity contribution in [2.45, 2.75) is 17.6 Å². The molecule has 1 aromatic carbocycles. The van der Waals surface area contributed by atoms with E-state index >= 15 is 0 Å². The van der Waals surface area contributed by atoms with Crippen molar-refractivity contribution in [2.24, 2.45) is 7.05 Å². The average molecular weight is 401 g/mol. The van der Waals surface area contributed by atoms with Gasteiger partial charge in [-0.3, -0.25) is 9.55 Å². The van der Waals surface area contributed by atoms with Gasteiger partial charge in [-0.25, -0.2) is 13.2 Å². The van der Waals surface area contributed by atoms with Gasteiger partial charge in [0.25, 0.3) is 0 Å². The Hall–Kier alpha value is -2.66. The van der Waals surface area contributed by atoms with Crippen molar-refractivity contribution >= 4 is 21.1 Å². The van der Waals surface area contributed by atoms with Crippen LogP contribution in [0.2, 0.25) is 0 Å². The van der Waals surface area contributed by atoms with E-state index < -0.39 is 35.0 Å². The smallest absolute Gasteiger partial charge is 0.408 e. The molecule has 2 heterocycles. The second-order valence-electron chi connectivity index (χ2n) is 5.77. The van der Waals surface area contributed by atoms with E-state index in [-0.39, 0.29) is 21.7 Å². The highest BCUT2D eigenvalue weighted by Gasteiger charge is 2.37. The Balaban J connectivity index is 2.06. The zero-order chi connectivity index (χ0) is 19.8. The Morgan fingerprint density at radius 3 is 2.59 bits per heavy atom. The number of halogens is 3. The second-order valence-corrected chi connectivity index (χ2v) is 7.70. The van der Waals surface area contributed by atoms with Gasteiger partial charge < -0.3 is 4.42 Å². The zero-order valence-corrected chi connectivity index (χ0v) is 14.8. The number of hydrogen-bond donors (Lipinski definition) is 0. The van der Waals surface area contributed by atoms with E-state index in [4.69, 9.17) is 4.42 Å². The number of rotatable bonds is 5. The number of fused-ring (bicyclic) bond motifs is 1. The van der Waals surface area contributed by atoms with Crippen molar-refractivity contribution in [1.29, 1.82) is 0 Å².